The van der Waals surface area contributed by atoms with Gasteiger partial charge in [-0.3, -0.25) is 14.5 Å². The molecule has 0 radical (unpaired) electrons. The number of piperidine rings is 1. The van der Waals surface area contributed by atoms with Crippen LogP contribution in [-0.2, 0) is 32.6 Å². The molecule has 1 aromatic carbocycles. The Kier molecular flexibility index (Phi) is 6.45. The monoisotopic (exact) mass is 461 g/mol. The smallest absolute Gasteiger partial charge is 0.243 e. The summed E-state index contributed by atoms with van der Waals surface area (Å²) in [7, 11) is -3.57. The molecule has 7 nitrogen and oxygen atoms in total. The second-order valence-corrected chi connectivity index (χ2v) is 10.9. The number of carbonyl (C=O) groups excluding carboxylic acids is 2. The molecule has 2 aliphatic rings. The summed E-state index contributed by atoms with van der Waals surface area (Å²) in [6, 6.07) is 8.07. The molecule has 2 aliphatic heterocycles. The zero-order valence-electron chi connectivity index (χ0n) is 17.5. The molecule has 9 heteroatoms. The van der Waals surface area contributed by atoms with Crippen molar-refractivity contribution in [3.8, 4) is 0 Å². The molecular weight excluding hydrogens is 434 g/mol. The maximum absolute atomic E-state index is 13.1. The van der Waals surface area contributed by atoms with E-state index in [4.69, 9.17) is 0 Å². The van der Waals surface area contributed by atoms with E-state index in [0.717, 1.165) is 29.7 Å². The predicted molar refractivity (Wildman–Crippen MR) is 120 cm³/mol. The lowest BCUT2D eigenvalue weighted by Gasteiger charge is -2.26. The van der Waals surface area contributed by atoms with Crippen LogP contribution in [0.4, 0.5) is 5.69 Å². The average molecular weight is 462 g/mol. The van der Waals surface area contributed by atoms with Gasteiger partial charge in [0, 0.05) is 36.5 Å². The summed E-state index contributed by atoms with van der Waals surface area (Å²) < 4.78 is 27.7. The van der Waals surface area contributed by atoms with E-state index in [2.05, 4.69) is 5.32 Å². The van der Waals surface area contributed by atoms with Gasteiger partial charge < -0.3 is 5.32 Å². The van der Waals surface area contributed by atoms with E-state index in [0.29, 0.717) is 31.7 Å². The SMILES string of the molecule is CCC(=O)N1c2ccc(S(=O)(=O)N3CCCCC3)cc2CC1C(=O)NCc1cccs1. The number of hydrogen-bond donors (Lipinski definition) is 1. The lowest BCUT2D eigenvalue weighted by atomic mass is 10.1. The van der Waals surface area contributed by atoms with E-state index in [9.17, 15) is 18.0 Å². The first-order valence-electron chi connectivity index (χ1n) is 10.7. The molecule has 1 saturated heterocycles. The standard InChI is InChI=1S/C22H27N3O4S2/c1-2-21(26)25-19-9-8-18(31(28,29)24-10-4-3-5-11-24)13-16(19)14-20(25)22(27)23-15-17-7-6-12-30-17/h6-9,12-13,20H,2-5,10-11,14-15H2,1H3,(H,23,27). The molecule has 1 N–H and O–H groups in total. The van der Waals surface area contributed by atoms with Crippen molar-refractivity contribution in [1.29, 1.82) is 0 Å². The fourth-order valence-electron chi connectivity index (χ4n) is 4.24. The molecule has 2 amide bonds. The summed E-state index contributed by atoms with van der Waals surface area (Å²) >= 11 is 1.56. The zero-order valence-corrected chi connectivity index (χ0v) is 19.2. The Morgan fingerprint density at radius 2 is 1.94 bits per heavy atom. The molecular formula is C22H27N3O4S2. The Balaban J connectivity index is 1.59. The fraction of sp³-hybridized carbons (Fsp3) is 0.455. The van der Waals surface area contributed by atoms with Crippen LogP contribution in [0.5, 0.6) is 0 Å². The first-order chi connectivity index (χ1) is 14.9. The summed E-state index contributed by atoms with van der Waals surface area (Å²) in [4.78, 5) is 28.4. The van der Waals surface area contributed by atoms with Gasteiger partial charge in [0.25, 0.3) is 0 Å². The van der Waals surface area contributed by atoms with Gasteiger partial charge >= 0.3 is 0 Å². The van der Waals surface area contributed by atoms with Gasteiger partial charge in [0.2, 0.25) is 21.8 Å². The molecule has 4 rings (SSSR count). The Morgan fingerprint density at radius 3 is 2.61 bits per heavy atom. The van der Waals surface area contributed by atoms with Crippen molar-refractivity contribution < 1.29 is 18.0 Å². The number of fused-ring (bicyclic) bond motifs is 1. The first-order valence-corrected chi connectivity index (χ1v) is 13.0. The minimum atomic E-state index is -3.57. The molecule has 1 aromatic heterocycles. The quantitative estimate of drug-likeness (QED) is 0.717. The summed E-state index contributed by atoms with van der Waals surface area (Å²) in [5.74, 6) is -0.381. The zero-order chi connectivity index (χ0) is 22.0. The minimum Gasteiger partial charge on any atom is -0.349 e. The second kappa shape index (κ2) is 9.10. The number of anilines is 1. The van der Waals surface area contributed by atoms with Crippen LogP contribution in [0.1, 0.15) is 43.0 Å². The van der Waals surface area contributed by atoms with Crippen LogP contribution in [0.3, 0.4) is 0 Å². The highest BCUT2D eigenvalue weighted by Crippen LogP contribution is 2.35. The van der Waals surface area contributed by atoms with E-state index in [1.54, 1.807) is 36.5 Å². The molecule has 0 saturated carbocycles. The van der Waals surface area contributed by atoms with Crippen molar-refractivity contribution in [3.63, 3.8) is 0 Å². The number of amides is 2. The van der Waals surface area contributed by atoms with Crippen LogP contribution in [0.15, 0.2) is 40.6 Å². The number of benzene rings is 1. The van der Waals surface area contributed by atoms with E-state index in [1.165, 1.54) is 9.21 Å². The summed E-state index contributed by atoms with van der Waals surface area (Å²) in [6.45, 7) is 3.24. The van der Waals surface area contributed by atoms with Crippen LogP contribution in [0.2, 0.25) is 0 Å². The Morgan fingerprint density at radius 1 is 1.16 bits per heavy atom. The Labute approximate surface area is 187 Å². The average Bonchev–Trinajstić information content (AvgIpc) is 3.44. The molecule has 0 bridgehead atoms. The van der Waals surface area contributed by atoms with Crippen molar-refractivity contribution in [2.45, 2.75) is 56.5 Å². The maximum atomic E-state index is 13.1. The molecule has 0 spiro atoms. The lowest BCUT2D eigenvalue weighted by Crippen LogP contribution is -2.47. The maximum Gasteiger partial charge on any atom is 0.243 e. The van der Waals surface area contributed by atoms with Gasteiger partial charge in [-0.1, -0.05) is 19.4 Å². The summed E-state index contributed by atoms with van der Waals surface area (Å²) in [5.41, 5.74) is 1.34. The molecule has 166 valence electrons. The second-order valence-electron chi connectivity index (χ2n) is 7.89. The molecule has 3 heterocycles. The van der Waals surface area contributed by atoms with Crippen molar-refractivity contribution in [1.82, 2.24) is 9.62 Å². The first kappa shape index (κ1) is 22.0. The van der Waals surface area contributed by atoms with Gasteiger partial charge in [0.05, 0.1) is 11.4 Å². The van der Waals surface area contributed by atoms with Gasteiger partial charge in [-0.25, -0.2) is 8.42 Å². The highest BCUT2D eigenvalue weighted by molar-refractivity contribution is 7.89. The van der Waals surface area contributed by atoms with Gasteiger partial charge in [0.1, 0.15) is 6.04 Å². The van der Waals surface area contributed by atoms with Crippen molar-refractivity contribution in [3.05, 3.63) is 46.2 Å². The van der Waals surface area contributed by atoms with Gasteiger partial charge in [-0.05, 0) is 48.1 Å². The van der Waals surface area contributed by atoms with E-state index in [-0.39, 0.29) is 23.1 Å². The topological polar surface area (TPSA) is 86.8 Å². The van der Waals surface area contributed by atoms with Gasteiger partial charge in [0.15, 0.2) is 0 Å². The summed E-state index contributed by atoms with van der Waals surface area (Å²) in [6.07, 6.45) is 3.36. The molecule has 1 unspecified atom stereocenters. The minimum absolute atomic E-state index is 0.151. The van der Waals surface area contributed by atoms with E-state index < -0.39 is 16.1 Å². The van der Waals surface area contributed by atoms with Crippen molar-refractivity contribution >= 4 is 38.9 Å². The van der Waals surface area contributed by atoms with Crippen LogP contribution >= 0.6 is 11.3 Å². The van der Waals surface area contributed by atoms with E-state index >= 15 is 0 Å². The largest absolute Gasteiger partial charge is 0.349 e. The molecule has 0 aliphatic carbocycles. The number of thiophene rings is 1. The predicted octanol–water partition coefficient (Wildman–Crippen LogP) is 2.91. The number of nitrogens with one attached hydrogen (secondary N) is 1. The third-order valence-electron chi connectivity index (χ3n) is 5.88. The Hall–Kier alpha value is -2.23. The number of rotatable bonds is 6. The number of nitrogens with zero attached hydrogens (tertiary/aromatic N) is 2. The van der Waals surface area contributed by atoms with Crippen LogP contribution in [0, 0.1) is 0 Å². The molecule has 31 heavy (non-hydrogen) atoms. The Bertz CT molecular complexity index is 1060. The van der Waals surface area contributed by atoms with Crippen molar-refractivity contribution in [2.75, 3.05) is 18.0 Å². The molecule has 2 aromatic rings. The third-order valence-corrected chi connectivity index (χ3v) is 8.65. The summed E-state index contributed by atoms with van der Waals surface area (Å²) in [5, 5.41) is 4.87. The highest BCUT2D eigenvalue weighted by atomic mass is 32.2. The lowest BCUT2D eigenvalue weighted by molar-refractivity contribution is -0.126. The molecule has 1 fully saturated rings. The fourth-order valence-corrected chi connectivity index (χ4v) is 6.45. The number of carbonyl (C=O) groups is 2. The molecule has 1 atom stereocenters. The van der Waals surface area contributed by atoms with Crippen LogP contribution in [-0.4, -0.2) is 43.7 Å². The third kappa shape index (κ3) is 4.40. The van der Waals surface area contributed by atoms with Crippen LogP contribution in [0.25, 0.3) is 0 Å². The highest BCUT2D eigenvalue weighted by Gasteiger charge is 2.38. The van der Waals surface area contributed by atoms with E-state index in [1.807, 2.05) is 17.5 Å². The van der Waals surface area contributed by atoms with Gasteiger partial charge in [-0.2, -0.15) is 4.31 Å². The van der Waals surface area contributed by atoms with Crippen molar-refractivity contribution in [2.24, 2.45) is 0 Å². The van der Waals surface area contributed by atoms with Gasteiger partial charge in [-0.15, -0.1) is 11.3 Å². The normalized spacial score (nSPS) is 19.3. The number of sulfonamides is 1. The van der Waals surface area contributed by atoms with Crippen LogP contribution < -0.4 is 10.2 Å². The number of hydrogen-bond acceptors (Lipinski definition) is 5.